The van der Waals surface area contributed by atoms with Gasteiger partial charge in [-0.25, -0.2) is 4.39 Å². The van der Waals surface area contributed by atoms with Crippen molar-refractivity contribution >= 4 is 5.91 Å². The monoisotopic (exact) mass is 209 g/mol. The van der Waals surface area contributed by atoms with E-state index in [1.165, 1.54) is 12.2 Å². The van der Waals surface area contributed by atoms with Gasteiger partial charge >= 0.3 is 0 Å². The van der Waals surface area contributed by atoms with E-state index in [2.05, 4.69) is 0 Å². The van der Waals surface area contributed by atoms with E-state index >= 15 is 0 Å². The fraction of sp³-hybridized carbons (Fsp3) is 0.417. The van der Waals surface area contributed by atoms with Gasteiger partial charge in [-0.2, -0.15) is 0 Å². The maximum atomic E-state index is 12.8. The Labute approximate surface area is 89.8 Å². The molecule has 1 amide bonds. The summed E-state index contributed by atoms with van der Waals surface area (Å²) in [5, 5.41) is 0. The normalized spacial score (nSPS) is 15.4. The minimum atomic E-state index is -0.263. The van der Waals surface area contributed by atoms with Crippen molar-refractivity contribution in [1.82, 2.24) is 4.90 Å². The average molecular weight is 209 g/mol. The number of carbonyl (C=O) groups is 1. The Bertz CT molecular complexity index is 329. The lowest BCUT2D eigenvalue weighted by Gasteiger charge is -2.14. The second kappa shape index (κ2) is 5.49. The second-order valence-electron chi connectivity index (χ2n) is 3.57. The van der Waals surface area contributed by atoms with Gasteiger partial charge in [-0.15, -0.1) is 0 Å². The van der Waals surface area contributed by atoms with Gasteiger partial charge in [-0.3, -0.25) is 4.79 Å². The number of amides is 1. The standard InChI is InChI=1S/C12H16FNO/c1-3-14(2)12(15)9-10-5-4-6-11(13)8-7-10/h4,6-8H,3,5,9H2,1-2H3. The molecule has 0 spiro atoms. The molecule has 0 N–H and O–H groups in total. The van der Waals surface area contributed by atoms with E-state index in [-0.39, 0.29) is 11.7 Å². The van der Waals surface area contributed by atoms with Crippen LogP contribution in [0.2, 0.25) is 0 Å². The van der Waals surface area contributed by atoms with Crippen molar-refractivity contribution in [3.8, 4) is 0 Å². The van der Waals surface area contributed by atoms with Crippen molar-refractivity contribution in [1.29, 1.82) is 0 Å². The quantitative estimate of drug-likeness (QED) is 0.699. The molecule has 0 aliphatic heterocycles. The van der Waals surface area contributed by atoms with Crippen LogP contribution in [-0.2, 0) is 4.79 Å². The molecule has 0 radical (unpaired) electrons. The average Bonchev–Trinajstić information content (AvgIpc) is 2.42. The highest BCUT2D eigenvalue weighted by Gasteiger charge is 2.09. The van der Waals surface area contributed by atoms with Gasteiger partial charge in [0.25, 0.3) is 0 Å². The van der Waals surface area contributed by atoms with Gasteiger partial charge in [0.15, 0.2) is 0 Å². The highest BCUT2D eigenvalue weighted by molar-refractivity contribution is 5.78. The van der Waals surface area contributed by atoms with E-state index in [1.54, 1.807) is 24.1 Å². The smallest absolute Gasteiger partial charge is 0.226 e. The summed E-state index contributed by atoms with van der Waals surface area (Å²) in [6.07, 6.45) is 7.28. The fourth-order valence-electron chi connectivity index (χ4n) is 1.28. The molecular weight excluding hydrogens is 193 g/mol. The second-order valence-corrected chi connectivity index (χ2v) is 3.57. The molecule has 0 aromatic heterocycles. The van der Waals surface area contributed by atoms with Crippen molar-refractivity contribution in [3.05, 3.63) is 35.7 Å². The summed E-state index contributed by atoms with van der Waals surface area (Å²) in [6.45, 7) is 2.63. The highest BCUT2D eigenvalue weighted by atomic mass is 19.1. The lowest BCUT2D eigenvalue weighted by Crippen LogP contribution is -2.26. The molecule has 0 saturated heterocycles. The molecule has 2 nitrogen and oxygen atoms in total. The van der Waals surface area contributed by atoms with Crippen LogP contribution in [0.1, 0.15) is 19.8 Å². The van der Waals surface area contributed by atoms with E-state index < -0.39 is 0 Å². The number of halogens is 1. The van der Waals surface area contributed by atoms with Crippen molar-refractivity contribution in [3.63, 3.8) is 0 Å². The summed E-state index contributed by atoms with van der Waals surface area (Å²) in [4.78, 5) is 13.2. The van der Waals surface area contributed by atoms with Crippen LogP contribution in [-0.4, -0.2) is 24.4 Å². The molecule has 0 saturated carbocycles. The van der Waals surface area contributed by atoms with Gasteiger partial charge in [-0.1, -0.05) is 17.7 Å². The van der Waals surface area contributed by atoms with Gasteiger partial charge in [0.05, 0.1) is 0 Å². The Morgan fingerprint density at radius 2 is 2.27 bits per heavy atom. The Morgan fingerprint density at radius 1 is 1.53 bits per heavy atom. The SMILES string of the molecule is CCN(C)C(=O)CC1=CC=C(F)C=CC1. The molecule has 0 atom stereocenters. The van der Waals surface area contributed by atoms with Crippen LogP contribution >= 0.6 is 0 Å². The van der Waals surface area contributed by atoms with Crippen LogP contribution in [0, 0.1) is 0 Å². The predicted octanol–water partition coefficient (Wildman–Crippen LogP) is 2.59. The minimum absolute atomic E-state index is 0.0767. The van der Waals surface area contributed by atoms with Crippen molar-refractivity contribution < 1.29 is 9.18 Å². The first kappa shape index (κ1) is 11.7. The summed E-state index contributed by atoms with van der Waals surface area (Å²) in [7, 11) is 1.77. The number of hydrogen-bond donors (Lipinski definition) is 0. The van der Waals surface area contributed by atoms with Gasteiger partial charge in [-0.05, 0) is 25.5 Å². The molecule has 0 aromatic rings. The molecule has 0 fully saturated rings. The molecule has 1 aliphatic carbocycles. The van der Waals surface area contributed by atoms with Crippen molar-refractivity contribution in [2.75, 3.05) is 13.6 Å². The molecule has 0 heterocycles. The Hall–Kier alpha value is -1.38. The predicted molar refractivity (Wildman–Crippen MR) is 59.0 cm³/mol. The summed E-state index contributed by atoms with van der Waals surface area (Å²) in [6, 6.07) is 0. The van der Waals surface area contributed by atoms with E-state index in [0.29, 0.717) is 19.4 Å². The van der Waals surface area contributed by atoms with Gasteiger partial charge in [0, 0.05) is 20.0 Å². The fourth-order valence-corrected chi connectivity index (χ4v) is 1.28. The van der Waals surface area contributed by atoms with E-state index in [0.717, 1.165) is 5.57 Å². The summed E-state index contributed by atoms with van der Waals surface area (Å²) >= 11 is 0. The molecule has 0 unspecified atom stereocenters. The molecular formula is C12H16FNO. The summed E-state index contributed by atoms with van der Waals surface area (Å²) < 4.78 is 12.8. The summed E-state index contributed by atoms with van der Waals surface area (Å²) in [5.41, 5.74) is 0.948. The Balaban J connectivity index is 2.60. The maximum Gasteiger partial charge on any atom is 0.226 e. The first-order valence-electron chi connectivity index (χ1n) is 5.09. The third kappa shape index (κ3) is 3.70. The number of allylic oxidation sites excluding steroid dienone is 5. The third-order valence-corrected chi connectivity index (χ3v) is 2.41. The highest BCUT2D eigenvalue weighted by Crippen LogP contribution is 2.15. The van der Waals surface area contributed by atoms with Crippen LogP contribution in [0.5, 0.6) is 0 Å². The topological polar surface area (TPSA) is 20.3 Å². The molecule has 3 heteroatoms. The van der Waals surface area contributed by atoms with Crippen molar-refractivity contribution in [2.24, 2.45) is 0 Å². The largest absolute Gasteiger partial charge is 0.346 e. The maximum absolute atomic E-state index is 12.8. The molecule has 0 aromatic carbocycles. The lowest BCUT2D eigenvalue weighted by atomic mass is 10.1. The van der Waals surface area contributed by atoms with E-state index in [1.807, 2.05) is 6.92 Å². The minimum Gasteiger partial charge on any atom is -0.346 e. The number of rotatable bonds is 3. The van der Waals surface area contributed by atoms with Gasteiger partial charge in [0.2, 0.25) is 5.91 Å². The van der Waals surface area contributed by atoms with E-state index in [9.17, 15) is 9.18 Å². The van der Waals surface area contributed by atoms with Crippen LogP contribution < -0.4 is 0 Å². The molecule has 1 rings (SSSR count). The van der Waals surface area contributed by atoms with Crippen LogP contribution in [0.4, 0.5) is 4.39 Å². The molecule has 15 heavy (non-hydrogen) atoms. The van der Waals surface area contributed by atoms with Gasteiger partial charge < -0.3 is 4.90 Å². The van der Waals surface area contributed by atoms with Crippen LogP contribution in [0.3, 0.4) is 0 Å². The molecule has 0 bridgehead atoms. The lowest BCUT2D eigenvalue weighted by molar-refractivity contribution is -0.128. The first-order chi connectivity index (χ1) is 7.13. The number of hydrogen-bond acceptors (Lipinski definition) is 1. The zero-order chi connectivity index (χ0) is 11.3. The number of nitrogens with zero attached hydrogens (tertiary/aromatic N) is 1. The Kier molecular flexibility index (Phi) is 4.28. The third-order valence-electron chi connectivity index (χ3n) is 2.41. The van der Waals surface area contributed by atoms with Gasteiger partial charge in [0.1, 0.15) is 5.83 Å². The van der Waals surface area contributed by atoms with Crippen LogP contribution in [0.15, 0.2) is 35.7 Å². The molecule has 1 aliphatic rings. The van der Waals surface area contributed by atoms with Crippen LogP contribution in [0.25, 0.3) is 0 Å². The van der Waals surface area contributed by atoms with E-state index in [4.69, 9.17) is 0 Å². The Morgan fingerprint density at radius 3 is 2.93 bits per heavy atom. The summed E-state index contributed by atoms with van der Waals surface area (Å²) in [5.74, 6) is -0.186. The zero-order valence-corrected chi connectivity index (χ0v) is 9.16. The van der Waals surface area contributed by atoms with Crippen molar-refractivity contribution in [2.45, 2.75) is 19.8 Å². The molecule has 82 valence electrons. The number of carbonyl (C=O) groups excluding carboxylic acids is 1. The zero-order valence-electron chi connectivity index (χ0n) is 9.16. The first-order valence-corrected chi connectivity index (χ1v) is 5.09.